The number of phenolic OH excluding ortho intramolecular Hbond substituents is 1. The number of carbonyl (C=O) groups excluding carboxylic acids is 2. The second-order valence-corrected chi connectivity index (χ2v) is 5.53. The van der Waals surface area contributed by atoms with Gasteiger partial charge in [-0.05, 0) is 30.3 Å². The number of hydrogen-bond acceptors (Lipinski definition) is 7. The Morgan fingerprint density at radius 3 is 2.35 bits per heavy atom. The number of esters is 1. The average molecular weight is 359 g/mol. The van der Waals surface area contributed by atoms with Crippen molar-refractivity contribution in [3.05, 3.63) is 57.6 Å². The van der Waals surface area contributed by atoms with Crippen LogP contribution in [0.2, 0.25) is 0 Å². The van der Waals surface area contributed by atoms with Crippen LogP contribution in [0.4, 0.5) is 17.1 Å². The Kier molecular flexibility index (Phi) is 5.41. The van der Waals surface area contributed by atoms with Crippen molar-refractivity contribution in [2.24, 2.45) is 0 Å². The van der Waals surface area contributed by atoms with E-state index in [0.717, 1.165) is 12.1 Å². The first-order chi connectivity index (χ1) is 12.2. The fourth-order valence-electron chi connectivity index (χ4n) is 2.27. The maximum Gasteiger partial charge on any atom is 0.337 e. The van der Waals surface area contributed by atoms with Gasteiger partial charge < -0.3 is 20.1 Å². The summed E-state index contributed by atoms with van der Waals surface area (Å²) in [6, 6.07) is 7.93. The van der Waals surface area contributed by atoms with Crippen LogP contribution in [0.5, 0.6) is 5.75 Å². The first kappa shape index (κ1) is 18.7. The van der Waals surface area contributed by atoms with E-state index < -0.39 is 16.8 Å². The lowest BCUT2D eigenvalue weighted by Crippen LogP contribution is -2.15. The molecular weight excluding hydrogens is 342 g/mol. The molecule has 0 bridgehead atoms. The first-order valence-corrected chi connectivity index (χ1v) is 7.43. The van der Waals surface area contributed by atoms with E-state index in [1.165, 1.54) is 31.4 Å². The smallest absolute Gasteiger partial charge is 0.337 e. The van der Waals surface area contributed by atoms with E-state index in [9.17, 15) is 24.8 Å². The van der Waals surface area contributed by atoms with Crippen LogP contribution in [0.3, 0.4) is 0 Å². The molecule has 0 atom stereocenters. The first-order valence-electron chi connectivity index (χ1n) is 7.43. The van der Waals surface area contributed by atoms with Gasteiger partial charge in [0.25, 0.3) is 11.6 Å². The van der Waals surface area contributed by atoms with E-state index in [1.54, 1.807) is 19.0 Å². The van der Waals surface area contributed by atoms with E-state index in [0.29, 0.717) is 5.69 Å². The minimum atomic E-state index is -0.639. The van der Waals surface area contributed by atoms with E-state index in [2.05, 4.69) is 10.1 Å². The van der Waals surface area contributed by atoms with E-state index in [4.69, 9.17) is 0 Å². The fourth-order valence-corrected chi connectivity index (χ4v) is 2.27. The number of ether oxygens (including phenoxy) is 1. The molecule has 0 spiro atoms. The topological polar surface area (TPSA) is 122 Å². The number of hydrogen-bond donors (Lipinski definition) is 2. The Labute approximate surface area is 149 Å². The Bertz CT molecular complexity index is 879. The molecule has 0 fully saturated rings. The van der Waals surface area contributed by atoms with Gasteiger partial charge in [0.1, 0.15) is 11.4 Å². The summed E-state index contributed by atoms with van der Waals surface area (Å²) in [5.74, 6) is -1.60. The van der Waals surface area contributed by atoms with Crippen LogP contribution in [-0.4, -0.2) is 43.1 Å². The monoisotopic (exact) mass is 359 g/mol. The maximum absolute atomic E-state index is 12.3. The summed E-state index contributed by atoms with van der Waals surface area (Å²) in [6.45, 7) is 0. The number of nitrogens with zero attached hydrogens (tertiary/aromatic N) is 2. The largest absolute Gasteiger partial charge is 0.506 e. The number of phenols is 1. The molecule has 0 aliphatic heterocycles. The van der Waals surface area contributed by atoms with Gasteiger partial charge in [0.2, 0.25) is 0 Å². The number of methoxy groups -OCH3 is 1. The van der Waals surface area contributed by atoms with Gasteiger partial charge >= 0.3 is 5.97 Å². The van der Waals surface area contributed by atoms with Crippen LogP contribution in [0.25, 0.3) is 0 Å². The van der Waals surface area contributed by atoms with Crippen LogP contribution in [0.1, 0.15) is 20.7 Å². The zero-order valence-electron chi connectivity index (χ0n) is 14.3. The number of nitro groups is 1. The van der Waals surface area contributed by atoms with Crippen molar-refractivity contribution in [3.8, 4) is 5.75 Å². The van der Waals surface area contributed by atoms with Crippen molar-refractivity contribution < 1.29 is 24.4 Å². The second kappa shape index (κ2) is 7.51. The van der Waals surface area contributed by atoms with Crippen LogP contribution in [0.15, 0.2) is 36.4 Å². The van der Waals surface area contributed by atoms with Crippen molar-refractivity contribution in [1.29, 1.82) is 0 Å². The molecule has 0 saturated carbocycles. The molecule has 2 rings (SSSR count). The lowest BCUT2D eigenvalue weighted by Gasteiger charge is -2.13. The normalized spacial score (nSPS) is 10.1. The van der Waals surface area contributed by atoms with Gasteiger partial charge in [0, 0.05) is 25.7 Å². The van der Waals surface area contributed by atoms with Gasteiger partial charge in [0.05, 0.1) is 23.3 Å². The molecule has 0 aliphatic carbocycles. The number of aromatic hydroxyl groups is 1. The molecule has 2 aromatic carbocycles. The lowest BCUT2D eigenvalue weighted by molar-refractivity contribution is -0.384. The highest BCUT2D eigenvalue weighted by Crippen LogP contribution is 2.29. The molecular formula is C17H17N3O6. The molecule has 1 amide bonds. The van der Waals surface area contributed by atoms with Gasteiger partial charge in [-0.15, -0.1) is 0 Å². The van der Waals surface area contributed by atoms with Crippen LogP contribution >= 0.6 is 0 Å². The van der Waals surface area contributed by atoms with Crippen LogP contribution in [-0.2, 0) is 4.74 Å². The third-order valence-electron chi connectivity index (χ3n) is 3.58. The van der Waals surface area contributed by atoms with E-state index >= 15 is 0 Å². The third-order valence-corrected chi connectivity index (χ3v) is 3.58. The Hall–Kier alpha value is -3.62. The number of anilines is 2. The SMILES string of the molecule is COC(=O)c1ccc(NC(=O)c2ccc(N(C)C)c([N+](=O)[O-])c2)c(O)c1. The fraction of sp³-hybridized carbons (Fsp3) is 0.176. The van der Waals surface area contributed by atoms with Crippen molar-refractivity contribution in [3.63, 3.8) is 0 Å². The van der Waals surface area contributed by atoms with Crippen molar-refractivity contribution in [1.82, 2.24) is 0 Å². The molecule has 0 aliphatic rings. The highest BCUT2D eigenvalue weighted by atomic mass is 16.6. The molecule has 9 nitrogen and oxygen atoms in total. The minimum Gasteiger partial charge on any atom is -0.506 e. The van der Waals surface area contributed by atoms with E-state index in [1.807, 2.05) is 0 Å². The highest BCUT2D eigenvalue weighted by molar-refractivity contribution is 6.06. The Morgan fingerprint density at radius 2 is 1.81 bits per heavy atom. The number of carbonyl (C=O) groups is 2. The summed E-state index contributed by atoms with van der Waals surface area (Å²) in [6.07, 6.45) is 0. The predicted octanol–water partition coefficient (Wildman–Crippen LogP) is 2.41. The molecule has 2 N–H and O–H groups in total. The Balaban J connectivity index is 2.29. The number of rotatable bonds is 5. The van der Waals surface area contributed by atoms with Gasteiger partial charge in [-0.3, -0.25) is 14.9 Å². The molecule has 0 unspecified atom stereocenters. The molecule has 0 heterocycles. The number of nitrogens with one attached hydrogen (secondary N) is 1. The summed E-state index contributed by atoms with van der Waals surface area (Å²) in [7, 11) is 4.52. The highest BCUT2D eigenvalue weighted by Gasteiger charge is 2.19. The van der Waals surface area contributed by atoms with Gasteiger partial charge in [0.15, 0.2) is 0 Å². The number of nitro benzene ring substituents is 1. The third kappa shape index (κ3) is 3.89. The van der Waals surface area contributed by atoms with Gasteiger partial charge in [-0.1, -0.05) is 0 Å². The van der Waals surface area contributed by atoms with Gasteiger partial charge in [-0.25, -0.2) is 4.79 Å². The molecule has 2 aromatic rings. The molecule has 0 aromatic heterocycles. The van der Waals surface area contributed by atoms with Gasteiger partial charge in [-0.2, -0.15) is 0 Å². The van der Waals surface area contributed by atoms with Crippen LogP contribution in [0, 0.1) is 10.1 Å². The average Bonchev–Trinajstić information content (AvgIpc) is 2.61. The summed E-state index contributed by atoms with van der Waals surface area (Å²) in [5, 5.41) is 23.6. The molecule has 136 valence electrons. The molecule has 9 heteroatoms. The number of benzene rings is 2. The van der Waals surface area contributed by atoms with E-state index in [-0.39, 0.29) is 28.3 Å². The van der Waals surface area contributed by atoms with Crippen molar-refractivity contribution >= 4 is 28.9 Å². The second-order valence-electron chi connectivity index (χ2n) is 5.53. The molecule has 0 radical (unpaired) electrons. The summed E-state index contributed by atoms with van der Waals surface area (Å²) >= 11 is 0. The van der Waals surface area contributed by atoms with Crippen molar-refractivity contribution in [2.75, 3.05) is 31.4 Å². The summed E-state index contributed by atoms with van der Waals surface area (Å²) in [5.41, 5.74) is 0.374. The zero-order valence-corrected chi connectivity index (χ0v) is 14.3. The summed E-state index contributed by atoms with van der Waals surface area (Å²) < 4.78 is 4.54. The maximum atomic E-state index is 12.3. The standard InChI is InChI=1S/C17H17N3O6/c1-19(2)13-7-5-10(8-14(13)20(24)25)16(22)18-12-6-4-11(9-15(12)21)17(23)26-3/h4-9,21H,1-3H3,(H,18,22). The quantitative estimate of drug-likeness (QED) is 0.364. The summed E-state index contributed by atoms with van der Waals surface area (Å²) in [4.78, 5) is 36.0. The lowest BCUT2D eigenvalue weighted by atomic mass is 10.1. The predicted molar refractivity (Wildman–Crippen MR) is 94.8 cm³/mol. The Morgan fingerprint density at radius 1 is 1.15 bits per heavy atom. The zero-order chi connectivity index (χ0) is 19.4. The van der Waals surface area contributed by atoms with Crippen molar-refractivity contribution in [2.45, 2.75) is 0 Å². The molecule has 26 heavy (non-hydrogen) atoms. The number of amides is 1. The minimum absolute atomic E-state index is 0.0544. The van der Waals surface area contributed by atoms with Crippen LogP contribution < -0.4 is 10.2 Å². The molecule has 0 saturated heterocycles.